The first kappa shape index (κ1) is 20.0. The number of anilines is 1. The standard InChI is InChI=1S/C22H23N5O2S/c28-20(26-18-8-12-27(13-9-18)22-23-10-2-11-24-22)17-6-4-16(5-7-17)15-25-21(29)19-3-1-14-30-19/h1-7,10-11,14,18H,8-9,12-13,15H2,(H,25,29)(H,26,28). The highest BCUT2D eigenvalue weighted by molar-refractivity contribution is 7.12. The SMILES string of the molecule is O=C(NC1CCN(c2ncccn2)CC1)c1ccc(CNC(=O)c2cccs2)cc1. The molecule has 0 atom stereocenters. The first-order valence-corrected chi connectivity index (χ1v) is 10.8. The van der Waals surface area contributed by atoms with Crippen molar-refractivity contribution in [2.24, 2.45) is 0 Å². The average Bonchev–Trinajstić information content (AvgIpc) is 3.34. The maximum Gasteiger partial charge on any atom is 0.261 e. The minimum atomic E-state index is -0.0842. The summed E-state index contributed by atoms with van der Waals surface area (Å²) in [6, 6.07) is 12.9. The Morgan fingerprint density at radius 2 is 1.73 bits per heavy atom. The van der Waals surface area contributed by atoms with Crippen LogP contribution in [0.2, 0.25) is 0 Å². The summed E-state index contributed by atoms with van der Waals surface area (Å²) < 4.78 is 0. The van der Waals surface area contributed by atoms with Gasteiger partial charge >= 0.3 is 0 Å². The van der Waals surface area contributed by atoms with E-state index in [9.17, 15) is 9.59 Å². The van der Waals surface area contributed by atoms with Crippen LogP contribution in [0.3, 0.4) is 0 Å². The number of benzene rings is 1. The molecule has 1 fully saturated rings. The minimum Gasteiger partial charge on any atom is -0.349 e. The van der Waals surface area contributed by atoms with Gasteiger partial charge in [-0.15, -0.1) is 11.3 Å². The van der Waals surface area contributed by atoms with Crippen LogP contribution in [0.4, 0.5) is 5.95 Å². The van der Waals surface area contributed by atoms with Crippen LogP contribution < -0.4 is 15.5 Å². The fourth-order valence-electron chi connectivity index (χ4n) is 3.40. The van der Waals surface area contributed by atoms with E-state index in [0.717, 1.165) is 37.4 Å². The van der Waals surface area contributed by atoms with E-state index in [2.05, 4.69) is 25.5 Å². The Morgan fingerprint density at radius 3 is 2.40 bits per heavy atom. The molecule has 154 valence electrons. The van der Waals surface area contributed by atoms with Crippen molar-refractivity contribution in [2.45, 2.75) is 25.4 Å². The fraction of sp³-hybridized carbons (Fsp3) is 0.273. The van der Waals surface area contributed by atoms with E-state index >= 15 is 0 Å². The van der Waals surface area contributed by atoms with Gasteiger partial charge in [-0.1, -0.05) is 18.2 Å². The molecule has 1 saturated heterocycles. The lowest BCUT2D eigenvalue weighted by Crippen LogP contribution is -2.45. The van der Waals surface area contributed by atoms with Gasteiger partial charge in [-0.3, -0.25) is 9.59 Å². The molecule has 0 unspecified atom stereocenters. The van der Waals surface area contributed by atoms with Gasteiger partial charge in [0.2, 0.25) is 5.95 Å². The zero-order chi connectivity index (χ0) is 20.8. The maximum absolute atomic E-state index is 12.6. The summed E-state index contributed by atoms with van der Waals surface area (Å²) in [5.74, 6) is 0.585. The van der Waals surface area contributed by atoms with Crippen molar-refractivity contribution in [1.82, 2.24) is 20.6 Å². The first-order valence-electron chi connectivity index (χ1n) is 9.92. The van der Waals surface area contributed by atoms with E-state index in [-0.39, 0.29) is 17.9 Å². The van der Waals surface area contributed by atoms with Crippen molar-refractivity contribution < 1.29 is 9.59 Å². The summed E-state index contributed by atoms with van der Waals surface area (Å²) in [7, 11) is 0. The third-order valence-corrected chi connectivity index (χ3v) is 5.95. The predicted molar refractivity (Wildman–Crippen MR) is 117 cm³/mol. The van der Waals surface area contributed by atoms with E-state index in [1.807, 2.05) is 23.6 Å². The van der Waals surface area contributed by atoms with Crippen molar-refractivity contribution in [3.63, 3.8) is 0 Å². The van der Waals surface area contributed by atoms with E-state index in [0.29, 0.717) is 17.0 Å². The van der Waals surface area contributed by atoms with Crippen molar-refractivity contribution in [3.8, 4) is 0 Å². The molecule has 2 N–H and O–H groups in total. The molecule has 3 heterocycles. The van der Waals surface area contributed by atoms with Crippen molar-refractivity contribution in [1.29, 1.82) is 0 Å². The maximum atomic E-state index is 12.6. The van der Waals surface area contributed by atoms with Crippen LogP contribution in [-0.4, -0.2) is 40.9 Å². The molecule has 1 aliphatic rings. The lowest BCUT2D eigenvalue weighted by molar-refractivity contribution is 0.0927. The number of rotatable bonds is 6. The molecule has 7 nitrogen and oxygen atoms in total. The van der Waals surface area contributed by atoms with Crippen molar-refractivity contribution in [3.05, 3.63) is 76.2 Å². The summed E-state index contributed by atoms with van der Waals surface area (Å²) in [5, 5.41) is 7.89. The number of hydrogen-bond acceptors (Lipinski definition) is 6. The molecule has 2 amide bonds. The van der Waals surface area contributed by atoms with Gasteiger partial charge in [0.15, 0.2) is 0 Å². The molecule has 0 radical (unpaired) electrons. The van der Waals surface area contributed by atoms with Crippen LogP contribution in [0.5, 0.6) is 0 Å². The molecule has 1 aromatic carbocycles. The number of nitrogens with one attached hydrogen (secondary N) is 2. The highest BCUT2D eigenvalue weighted by Crippen LogP contribution is 2.16. The Labute approximate surface area is 179 Å². The minimum absolute atomic E-state index is 0.0708. The van der Waals surface area contributed by atoms with Crippen molar-refractivity contribution in [2.75, 3.05) is 18.0 Å². The van der Waals surface area contributed by atoms with Crippen molar-refractivity contribution >= 4 is 29.1 Å². The molecule has 2 aromatic heterocycles. The predicted octanol–water partition coefficient (Wildman–Crippen LogP) is 2.87. The Hall–Kier alpha value is -3.26. The Bertz CT molecular complexity index is 969. The molecule has 0 bridgehead atoms. The highest BCUT2D eigenvalue weighted by Gasteiger charge is 2.22. The Balaban J connectivity index is 1.24. The molecule has 8 heteroatoms. The van der Waals surface area contributed by atoms with Gasteiger partial charge in [-0.25, -0.2) is 9.97 Å². The van der Waals surface area contributed by atoms with Gasteiger partial charge in [0.25, 0.3) is 11.8 Å². The number of thiophene rings is 1. The summed E-state index contributed by atoms with van der Waals surface area (Å²) in [6.45, 7) is 2.06. The quantitative estimate of drug-likeness (QED) is 0.639. The topological polar surface area (TPSA) is 87.2 Å². The summed E-state index contributed by atoms with van der Waals surface area (Å²) >= 11 is 1.41. The molecule has 3 aromatic rings. The second-order valence-electron chi connectivity index (χ2n) is 7.14. The summed E-state index contributed by atoms with van der Waals surface area (Å²) in [4.78, 5) is 36.0. The lowest BCUT2D eigenvalue weighted by Gasteiger charge is -2.32. The van der Waals surface area contributed by atoms with Gasteiger partial charge in [0, 0.05) is 43.6 Å². The largest absolute Gasteiger partial charge is 0.349 e. The third kappa shape index (κ3) is 5.01. The van der Waals surface area contributed by atoms with Gasteiger partial charge in [-0.05, 0) is 48.1 Å². The fourth-order valence-corrected chi connectivity index (χ4v) is 4.04. The number of carbonyl (C=O) groups is 2. The number of nitrogens with zero attached hydrogens (tertiary/aromatic N) is 3. The molecule has 0 aliphatic carbocycles. The molecular weight excluding hydrogens is 398 g/mol. The van der Waals surface area contributed by atoms with Gasteiger partial charge in [-0.2, -0.15) is 0 Å². The highest BCUT2D eigenvalue weighted by atomic mass is 32.1. The van der Waals surface area contributed by atoms with E-state index in [4.69, 9.17) is 0 Å². The third-order valence-electron chi connectivity index (χ3n) is 5.08. The van der Waals surface area contributed by atoms with E-state index in [1.165, 1.54) is 11.3 Å². The van der Waals surface area contributed by atoms with Crippen LogP contribution in [0.1, 0.15) is 38.4 Å². The van der Waals surface area contributed by atoms with Gasteiger partial charge < -0.3 is 15.5 Å². The average molecular weight is 422 g/mol. The Morgan fingerprint density at radius 1 is 1.00 bits per heavy atom. The van der Waals surface area contributed by atoms with Crippen LogP contribution in [-0.2, 0) is 6.54 Å². The molecule has 0 spiro atoms. The number of carbonyl (C=O) groups excluding carboxylic acids is 2. The molecular formula is C22H23N5O2S. The molecule has 30 heavy (non-hydrogen) atoms. The summed E-state index contributed by atoms with van der Waals surface area (Å²) in [6.07, 6.45) is 5.20. The molecule has 1 aliphatic heterocycles. The number of amides is 2. The van der Waals surface area contributed by atoms with Crippen LogP contribution in [0.15, 0.2) is 60.2 Å². The van der Waals surface area contributed by atoms with E-state index in [1.54, 1.807) is 36.7 Å². The Kier molecular flexibility index (Phi) is 6.34. The van der Waals surface area contributed by atoms with Crippen LogP contribution in [0, 0.1) is 0 Å². The summed E-state index contributed by atoms with van der Waals surface area (Å²) in [5.41, 5.74) is 1.57. The first-order chi connectivity index (χ1) is 14.7. The number of piperidine rings is 1. The zero-order valence-corrected chi connectivity index (χ0v) is 17.3. The normalized spacial score (nSPS) is 14.3. The smallest absolute Gasteiger partial charge is 0.261 e. The zero-order valence-electron chi connectivity index (χ0n) is 16.5. The lowest BCUT2D eigenvalue weighted by atomic mass is 10.0. The second-order valence-corrected chi connectivity index (χ2v) is 8.09. The second kappa shape index (κ2) is 9.49. The molecule has 0 saturated carbocycles. The number of hydrogen-bond donors (Lipinski definition) is 2. The van der Waals surface area contributed by atoms with E-state index < -0.39 is 0 Å². The van der Waals surface area contributed by atoms with Gasteiger partial charge in [0.05, 0.1) is 4.88 Å². The van der Waals surface area contributed by atoms with Crippen LogP contribution >= 0.6 is 11.3 Å². The monoisotopic (exact) mass is 421 g/mol. The number of aromatic nitrogens is 2. The van der Waals surface area contributed by atoms with Gasteiger partial charge in [0.1, 0.15) is 0 Å². The molecule has 4 rings (SSSR count). The van der Waals surface area contributed by atoms with Crippen LogP contribution in [0.25, 0.3) is 0 Å².